The molecule has 0 bridgehead atoms. The Hall–Kier alpha value is -6.94. The van der Waals surface area contributed by atoms with Gasteiger partial charge in [-0.3, -0.25) is 0 Å². The summed E-state index contributed by atoms with van der Waals surface area (Å²) in [6, 6.07) is 74.2. The predicted molar refractivity (Wildman–Crippen MR) is 242 cm³/mol. The summed E-state index contributed by atoms with van der Waals surface area (Å²) >= 11 is 0. The molecule has 1 aliphatic rings. The van der Waals surface area contributed by atoms with E-state index in [4.69, 9.17) is 9.97 Å². The molecule has 0 unspecified atom stereocenters. The first-order valence-electron chi connectivity index (χ1n) is 19.6. The van der Waals surface area contributed by atoms with E-state index in [1.807, 2.05) is 0 Å². The predicted octanol–water partition coefficient (Wildman–Crippen LogP) is 12.9. The second kappa shape index (κ2) is 14.3. The van der Waals surface area contributed by atoms with Crippen LogP contribution in [0.3, 0.4) is 0 Å². The number of nitrogens with zero attached hydrogens (tertiary/aromatic N) is 2. The largest absolute Gasteiger partial charge is 0.237 e. The lowest BCUT2D eigenvalue weighted by Gasteiger charge is -2.19. The second-order valence-electron chi connectivity index (χ2n) is 15.4. The van der Waals surface area contributed by atoms with E-state index in [1.54, 1.807) is 0 Å². The van der Waals surface area contributed by atoms with Crippen LogP contribution in [0.5, 0.6) is 0 Å². The third-order valence-corrected chi connectivity index (χ3v) is 14.8. The Balaban J connectivity index is 1.08. The molecule has 1 aromatic heterocycles. The van der Waals surface area contributed by atoms with Crippen LogP contribution < -0.4 is 10.5 Å². The van der Waals surface area contributed by atoms with Crippen LogP contribution in [0.1, 0.15) is 0 Å². The molecule has 8 aromatic carbocycles. The summed E-state index contributed by atoms with van der Waals surface area (Å²) in [6.07, 6.45) is 0. The number of fused-ring (bicyclic) bond motifs is 3. The number of benzene rings is 8. The van der Waals surface area contributed by atoms with Gasteiger partial charge < -0.3 is 0 Å². The van der Waals surface area contributed by atoms with Gasteiger partial charge >= 0.3 is 0 Å². The average molecular weight is 745 g/mol. The maximum atomic E-state index is 5.45. The fourth-order valence-corrected chi connectivity index (χ4v) is 11.3. The zero-order valence-corrected chi connectivity index (χ0v) is 33.0. The van der Waals surface area contributed by atoms with Crippen molar-refractivity contribution in [1.29, 1.82) is 0 Å². The molecular formula is C54H40N2Si. The van der Waals surface area contributed by atoms with Gasteiger partial charge in [-0.05, 0) is 96.7 Å². The van der Waals surface area contributed by atoms with Crippen molar-refractivity contribution in [1.82, 2.24) is 9.97 Å². The summed E-state index contributed by atoms with van der Waals surface area (Å²) in [5.74, 6) is 0.772. The highest BCUT2D eigenvalue weighted by Crippen LogP contribution is 2.38. The molecule has 0 spiro atoms. The van der Waals surface area contributed by atoms with Crippen molar-refractivity contribution in [3.63, 3.8) is 0 Å². The molecule has 1 aliphatic heterocycles. The fourth-order valence-electron chi connectivity index (χ4n) is 8.44. The summed E-state index contributed by atoms with van der Waals surface area (Å²) in [7, 11) is -2.08. The van der Waals surface area contributed by atoms with Crippen molar-refractivity contribution in [3.05, 3.63) is 206 Å². The topological polar surface area (TPSA) is 25.8 Å². The van der Waals surface area contributed by atoms with Crippen LogP contribution in [0.25, 0.3) is 89.4 Å². The molecule has 0 saturated heterocycles. The smallest absolute Gasteiger partial charge is 0.159 e. The summed E-state index contributed by atoms with van der Waals surface area (Å²) in [5, 5.41) is 2.64. The third kappa shape index (κ3) is 6.42. The maximum absolute atomic E-state index is 5.45. The number of hydrogen-bond acceptors (Lipinski definition) is 2. The minimum Gasteiger partial charge on any atom is -0.237 e. The van der Waals surface area contributed by atoms with Crippen molar-refractivity contribution >= 4 is 18.6 Å². The lowest BCUT2D eigenvalue weighted by Crippen LogP contribution is -2.50. The van der Waals surface area contributed by atoms with Crippen molar-refractivity contribution < 1.29 is 0 Å². The molecule has 2 heterocycles. The molecule has 270 valence electrons. The van der Waals surface area contributed by atoms with E-state index in [1.165, 1.54) is 66.1 Å². The van der Waals surface area contributed by atoms with Crippen molar-refractivity contribution in [3.8, 4) is 89.4 Å². The van der Waals surface area contributed by atoms with Crippen LogP contribution >= 0.6 is 0 Å². The molecule has 0 amide bonds. The molecule has 0 fully saturated rings. The number of aromatic nitrogens is 2. The van der Waals surface area contributed by atoms with Gasteiger partial charge in [0.25, 0.3) is 0 Å². The van der Waals surface area contributed by atoms with Crippen molar-refractivity contribution in [2.24, 2.45) is 0 Å². The summed E-state index contributed by atoms with van der Waals surface area (Å²) < 4.78 is 0. The Labute approximate surface area is 335 Å². The van der Waals surface area contributed by atoms with Crippen LogP contribution in [-0.4, -0.2) is 18.0 Å². The molecule has 10 rings (SSSR count). The molecule has 3 heteroatoms. The summed E-state index contributed by atoms with van der Waals surface area (Å²) in [6.45, 7) is 4.84. The van der Waals surface area contributed by atoms with E-state index in [2.05, 4.69) is 219 Å². The molecule has 57 heavy (non-hydrogen) atoms. The van der Waals surface area contributed by atoms with E-state index in [-0.39, 0.29) is 0 Å². The van der Waals surface area contributed by atoms with Crippen LogP contribution in [0.2, 0.25) is 13.1 Å². The van der Waals surface area contributed by atoms with Crippen molar-refractivity contribution in [2.75, 3.05) is 0 Å². The van der Waals surface area contributed by atoms with Gasteiger partial charge in [0.1, 0.15) is 8.07 Å². The van der Waals surface area contributed by atoms with Gasteiger partial charge in [0.15, 0.2) is 5.82 Å². The second-order valence-corrected chi connectivity index (χ2v) is 19.7. The Morgan fingerprint density at radius 2 is 0.702 bits per heavy atom. The first-order valence-corrected chi connectivity index (χ1v) is 22.6. The lowest BCUT2D eigenvalue weighted by molar-refractivity contribution is 1.21. The normalized spacial score (nSPS) is 12.5. The fraction of sp³-hybridized carbons (Fsp3) is 0.0370. The van der Waals surface area contributed by atoms with Crippen LogP contribution in [0.4, 0.5) is 0 Å². The number of rotatable bonds is 7. The average Bonchev–Trinajstić information content (AvgIpc) is 3.52. The Morgan fingerprint density at radius 1 is 0.316 bits per heavy atom. The van der Waals surface area contributed by atoms with E-state index in [0.29, 0.717) is 0 Å². The molecule has 2 nitrogen and oxygen atoms in total. The Bertz CT molecular complexity index is 2900. The van der Waals surface area contributed by atoms with Gasteiger partial charge in [-0.2, -0.15) is 0 Å². The van der Waals surface area contributed by atoms with Gasteiger partial charge in [0, 0.05) is 22.0 Å². The van der Waals surface area contributed by atoms with E-state index in [9.17, 15) is 0 Å². The zero-order valence-electron chi connectivity index (χ0n) is 32.0. The van der Waals surface area contributed by atoms with Crippen LogP contribution in [-0.2, 0) is 0 Å². The molecular weight excluding hydrogens is 705 g/mol. The minimum absolute atomic E-state index is 0.772. The highest BCUT2D eigenvalue weighted by molar-refractivity contribution is 7.03. The third-order valence-electron chi connectivity index (χ3n) is 11.4. The van der Waals surface area contributed by atoms with E-state index in [0.717, 1.165) is 33.8 Å². The van der Waals surface area contributed by atoms with E-state index < -0.39 is 8.07 Å². The zero-order chi connectivity index (χ0) is 38.3. The van der Waals surface area contributed by atoms with Gasteiger partial charge in [-0.25, -0.2) is 9.97 Å². The summed E-state index contributed by atoms with van der Waals surface area (Å²) in [4.78, 5) is 10.8. The monoisotopic (exact) mass is 744 g/mol. The first kappa shape index (κ1) is 34.5. The van der Waals surface area contributed by atoms with E-state index >= 15 is 0 Å². The SMILES string of the molecule is C[Si]1(C)c2ccccc2-c2c(-c3ccccc3)nc(-c3cccc(-c4cc(-c5ccccc5)cc(-c5cccc(-c6ccc(-c7ccccc7)cc6)c5)c4)c3)nc21. The van der Waals surface area contributed by atoms with Gasteiger partial charge in [-0.15, -0.1) is 0 Å². The maximum Gasteiger partial charge on any atom is 0.159 e. The van der Waals surface area contributed by atoms with Crippen LogP contribution in [0, 0.1) is 0 Å². The first-order chi connectivity index (χ1) is 28.0. The standard InChI is InChI=1S/C54H40N2Si/c1-57(2)50-27-13-12-26-49(50)51-52(41-20-10-5-11-21-41)55-53(56-54(51)57)45-25-15-24-44(33-45)48-35-46(38-18-8-4-9-19-38)34-47(36-48)43-23-14-22-42(32-43)40-30-28-39(29-31-40)37-16-6-3-7-17-37/h3-36H,1-2H3. The molecule has 0 atom stereocenters. The molecule has 0 aliphatic carbocycles. The Kier molecular flexibility index (Phi) is 8.66. The Morgan fingerprint density at radius 3 is 1.30 bits per heavy atom. The highest BCUT2D eigenvalue weighted by Gasteiger charge is 2.41. The molecule has 0 saturated carbocycles. The summed E-state index contributed by atoms with van der Waals surface area (Å²) in [5.41, 5.74) is 17.4. The molecule has 0 radical (unpaired) electrons. The van der Waals surface area contributed by atoms with Gasteiger partial charge in [0.2, 0.25) is 0 Å². The highest BCUT2D eigenvalue weighted by atomic mass is 28.3. The quantitative estimate of drug-likeness (QED) is 0.152. The molecule has 0 N–H and O–H groups in total. The van der Waals surface area contributed by atoms with Gasteiger partial charge in [0.05, 0.1) is 5.69 Å². The minimum atomic E-state index is -2.08. The van der Waals surface area contributed by atoms with Crippen molar-refractivity contribution in [2.45, 2.75) is 13.1 Å². The van der Waals surface area contributed by atoms with Crippen LogP contribution in [0.15, 0.2) is 206 Å². The van der Waals surface area contributed by atoms with Gasteiger partial charge in [-0.1, -0.05) is 189 Å². The lowest BCUT2D eigenvalue weighted by atomic mass is 9.91. The molecule has 9 aromatic rings. The number of hydrogen-bond donors (Lipinski definition) is 0.